The number of rotatable bonds is 1. The van der Waals surface area contributed by atoms with Gasteiger partial charge in [-0.1, -0.05) is 6.07 Å². The first kappa shape index (κ1) is 17.4. The Bertz CT molecular complexity index is 622. The first-order valence-corrected chi connectivity index (χ1v) is 7.35. The first-order valence-electron chi connectivity index (χ1n) is 5.91. The molecular weight excluding hydrogens is 313 g/mol. The van der Waals surface area contributed by atoms with Crippen molar-refractivity contribution in [3.63, 3.8) is 0 Å². The number of hydrogen-bond acceptors (Lipinski definition) is 3. The molecule has 0 spiro atoms. The summed E-state index contributed by atoms with van der Waals surface area (Å²) >= 11 is 0. The van der Waals surface area contributed by atoms with Crippen LogP contribution in [-0.2, 0) is 27.8 Å². The van der Waals surface area contributed by atoms with Gasteiger partial charge in [0.1, 0.15) is 0 Å². The van der Waals surface area contributed by atoms with Gasteiger partial charge in [-0.2, -0.15) is 21.6 Å². The summed E-state index contributed by atoms with van der Waals surface area (Å²) in [5, 5.41) is 7.12. The van der Waals surface area contributed by atoms with Gasteiger partial charge in [0.05, 0.1) is 4.90 Å². The summed E-state index contributed by atoms with van der Waals surface area (Å²) in [5.41, 5.74) is 2.27. The van der Waals surface area contributed by atoms with Crippen LogP contribution in [-0.4, -0.2) is 30.2 Å². The largest absolute Gasteiger partial charge is 0.490 e. The van der Waals surface area contributed by atoms with Crippen molar-refractivity contribution in [2.45, 2.75) is 36.8 Å². The quantitative estimate of drug-likeness (QED) is 0.774. The molecule has 1 aromatic carbocycles. The minimum atomic E-state index is -5.08. The molecule has 2 N–H and O–H groups in total. The van der Waals surface area contributed by atoms with Gasteiger partial charge >= 0.3 is 12.1 Å². The van der Waals surface area contributed by atoms with E-state index in [1.54, 1.807) is 12.1 Å². The molecule has 0 fully saturated rings. The second-order valence-electron chi connectivity index (χ2n) is 4.42. The first-order chi connectivity index (χ1) is 9.51. The summed E-state index contributed by atoms with van der Waals surface area (Å²) in [6.45, 7) is 0. The molecule has 0 heterocycles. The lowest BCUT2D eigenvalue weighted by atomic mass is 9.92. The summed E-state index contributed by atoms with van der Waals surface area (Å²) < 4.78 is 62.3. The van der Waals surface area contributed by atoms with Gasteiger partial charge in [0.15, 0.2) is 0 Å². The van der Waals surface area contributed by atoms with Crippen LogP contribution in [0.1, 0.15) is 24.0 Å². The van der Waals surface area contributed by atoms with Gasteiger partial charge in [0.25, 0.3) is 10.1 Å². The van der Waals surface area contributed by atoms with Crippen LogP contribution in [0.5, 0.6) is 0 Å². The highest BCUT2D eigenvalue weighted by Crippen LogP contribution is 2.23. The van der Waals surface area contributed by atoms with E-state index >= 15 is 0 Å². The maximum atomic E-state index is 10.9. The van der Waals surface area contributed by atoms with Gasteiger partial charge in [-0.05, 0) is 48.9 Å². The highest BCUT2D eigenvalue weighted by molar-refractivity contribution is 7.85. The van der Waals surface area contributed by atoms with Gasteiger partial charge in [0.2, 0.25) is 0 Å². The van der Waals surface area contributed by atoms with Crippen LogP contribution in [0.15, 0.2) is 23.1 Å². The van der Waals surface area contributed by atoms with Crippen molar-refractivity contribution in [3.05, 3.63) is 29.3 Å². The molecule has 0 unspecified atom stereocenters. The van der Waals surface area contributed by atoms with Crippen LogP contribution in [0.4, 0.5) is 13.2 Å². The normalized spacial score (nSPS) is 14.7. The predicted octanol–water partition coefficient (Wildman–Crippen LogP) is 2.45. The maximum Gasteiger partial charge on any atom is 0.490 e. The number of benzene rings is 1. The van der Waals surface area contributed by atoms with E-state index in [0.717, 1.165) is 31.2 Å². The molecule has 9 heteroatoms. The predicted molar refractivity (Wildman–Crippen MR) is 66.6 cm³/mol. The van der Waals surface area contributed by atoms with E-state index < -0.39 is 22.3 Å². The number of alkyl halides is 3. The molecule has 0 atom stereocenters. The summed E-state index contributed by atoms with van der Waals surface area (Å²) in [4.78, 5) is 8.91. The van der Waals surface area contributed by atoms with Crippen LogP contribution in [0.2, 0.25) is 0 Å². The van der Waals surface area contributed by atoms with Crippen molar-refractivity contribution in [1.29, 1.82) is 0 Å². The lowest BCUT2D eigenvalue weighted by molar-refractivity contribution is -0.192. The lowest BCUT2D eigenvalue weighted by Crippen LogP contribution is -2.21. The zero-order chi connectivity index (χ0) is 16.3. The summed E-state index contributed by atoms with van der Waals surface area (Å²) in [7, 11) is -4.04. The third-order valence-corrected chi connectivity index (χ3v) is 3.71. The molecule has 0 amide bonds. The monoisotopic (exact) mass is 326 g/mol. The van der Waals surface area contributed by atoms with Crippen molar-refractivity contribution in [2.24, 2.45) is 0 Å². The van der Waals surface area contributed by atoms with Gasteiger partial charge < -0.3 is 5.11 Å². The van der Waals surface area contributed by atoms with Crippen LogP contribution in [0.3, 0.4) is 0 Å². The minimum absolute atomic E-state index is 0.0122. The molecule has 5 nitrogen and oxygen atoms in total. The molecule has 2 rings (SSSR count). The zero-order valence-corrected chi connectivity index (χ0v) is 11.5. The van der Waals surface area contributed by atoms with Crippen molar-refractivity contribution < 1.29 is 36.0 Å². The number of hydrogen-bond donors (Lipinski definition) is 2. The molecule has 1 aromatic rings. The van der Waals surface area contributed by atoms with Crippen LogP contribution in [0, 0.1) is 0 Å². The highest BCUT2D eigenvalue weighted by atomic mass is 32.2. The summed E-state index contributed by atoms with van der Waals surface area (Å²) in [6, 6.07) is 4.86. The maximum absolute atomic E-state index is 10.9. The Morgan fingerprint density at radius 1 is 1.10 bits per heavy atom. The van der Waals surface area contributed by atoms with E-state index in [2.05, 4.69) is 0 Å². The number of aryl methyl sites for hydroxylation is 2. The molecule has 0 aromatic heterocycles. The van der Waals surface area contributed by atoms with Crippen molar-refractivity contribution in [3.8, 4) is 0 Å². The molecule has 21 heavy (non-hydrogen) atoms. The number of fused-ring (bicyclic) bond motifs is 1. The van der Waals surface area contributed by atoms with E-state index in [-0.39, 0.29) is 4.90 Å². The average molecular weight is 326 g/mol. The Hall–Kier alpha value is -1.61. The fourth-order valence-electron chi connectivity index (χ4n) is 1.87. The van der Waals surface area contributed by atoms with Crippen molar-refractivity contribution >= 4 is 16.1 Å². The minimum Gasteiger partial charge on any atom is -0.475 e. The third-order valence-electron chi connectivity index (χ3n) is 2.86. The smallest absolute Gasteiger partial charge is 0.475 e. The number of halogens is 3. The fourth-order valence-corrected chi connectivity index (χ4v) is 2.40. The van der Waals surface area contributed by atoms with Gasteiger partial charge in [0, 0.05) is 0 Å². The van der Waals surface area contributed by atoms with E-state index in [4.69, 9.17) is 14.5 Å². The van der Waals surface area contributed by atoms with Crippen molar-refractivity contribution in [2.75, 3.05) is 0 Å². The molecule has 1 aliphatic carbocycles. The van der Waals surface area contributed by atoms with Gasteiger partial charge in [-0.3, -0.25) is 4.55 Å². The molecule has 0 aliphatic heterocycles. The Balaban J connectivity index is 0.000000270. The van der Waals surface area contributed by atoms with E-state index in [1.807, 2.05) is 0 Å². The number of carbonyl (C=O) groups is 1. The molecule has 0 radical (unpaired) electrons. The second-order valence-corrected chi connectivity index (χ2v) is 5.84. The van der Waals surface area contributed by atoms with Gasteiger partial charge in [-0.15, -0.1) is 0 Å². The zero-order valence-electron chi connectivity index (χ0n) is 10.7. The van der Waals surface area contributed by atoms with Crippen LogP contribution < -0.4 is 0 Å². The standard InChI is InChI=1S/C10H12O3S.C2HF3O2/c11-14(12,13)10-6-5-8-3-1-2-4-9(8)7-10;3-2(4,5)1(6)7/h5-7H,1-4H2,(H,11,12,13);(H,6,7). The Morgan fingerprint density at radius 2 is 1.57 bits per heavy atom. The molecule has 0 bridgehead atoms. The number of carboxylic acids is 1. The number of aliphatic carboxylic acids is 1. The molecule has 1 aliphatic rings. The Kier molecular flexibility index (Phi) is 5.35. The van der Waals surface area contributed by atoms with E-state index in [1.165, 1.54) is 11.6 Å². The van der Waals surface area contributed by atoms with Gasteiger partial charge in [-0.25, -0.2) is 4.79 Å². The highest BCUT2D eigenvalue weighted by Gasteiger charge is 2.38. The van der Waals surface area contributed by atoms with E-state index in [9.17, 15) is 21.6 Å². The molecule has 0 saturated heterocycles. The number of carboxylic acid groups (broad SMARTS) is 1. The SMILES string of the molecule is O=C(O)C(F)(F)F.O=S(=O)(O)c1ccc2c(c1)CCCC2. The summed E-state index contributed by atoms with van der Waals surface area (Å²) in [5.74, 6) is -2.76. The van der Waals surface area contributed by atoms with Crippen LogP contribution >= 0.6 is 0 Å². The molecule has 118 valence electrons. The second kappa shape index (κ2) is 6.44. The van der Waals surface area contributed by atoms with Crippen molar-refractivity contribution in [1.82, 2.24) is 0 Å². The fraction of sp³-hybridized carbons (Fsp3) is 0.417. The summed E-state index contributed by atoms with van der Waals surface area (Å²) in [6.07, 6.45) is -0.889. The lowest BCUT2D eigenvalue weighted by Gasteiger charge is -2.15. The third kappa shape index (κ3) is 5.35. The Morgan fingerprint density at radius 3 is 2.00 bits per heavy atom. The topological polar surface area (TPSA) is 91.7 Å². The molecule has 0 saturated carbocycles. The van der Waals surface area contributed by atoms with Crippen LogP contribution in [0.25, 0.3) is 0 Å². The molecular formula is C12H13F3O5S. The average Bonchev–Trinajstić information content (AvgIpc) is 2.36. The Labute approximate surface area is 119 Å². The van der Waals surface area contributed by atoms with E-state index in [0.29, 0.717) is 0 Å².